The lowest BCUT2D eigenvalue weighted by atomic mass is 9.91. The highest BCUT2D eigenvalue weighted by Gasteiger charge is 2.30. The van der Waals surface area contributed by atoms with Crippen LogP contribution in [0.5, 0.6) is 0 Å². The van der Waals surface area contributed by atoms with E-state index in [-0.39, 0.29) is 22.8 Å². The van der Waals surface area contributed by atoms with Crippen LogP contribution in [0.15, 0.2) is 42.3 Å². The lowest BCUT2D eigenvalue weighted by Gasteiger charge is -2.27. The second kappa shape index (κ2) is 6.98. The van der Waals surface area contributed by atoms with E-state index in [1.54, 1.807) is 29.0 Å². The molecule has 29 heavy (non-hydrogen) atoms. The molecule has 1 aliphatic carbocycles. The molecule has 0 unspecified atom stereocenters. The predicted octanol–water partition coefficient (Wildman–Crippen LogP) is 2.63. The number of carbonyl (C=O) groups excluding carboxylic acids is 1. The van der Waals surface area contributed by atoms with E-state index in [1.165, 1.54) is 6.20 Å². The molecule has 0 bridgehead atoms. The van der Waals surface area contributed by atoms with Crippen molar-refractivity contribution in [2.45, 2.75) is 20.0 Å². The molecule has 4 rings (SSSR count). The molecule has 8 nitrogen and oxygen atoms in total. The fourth-order valence-electron chi connectivity index (χ4n) is 3.59. The quantitative estimate of drug-likeness (QED) is 0.607. The molecule has 0 fully saturated rings. The number of allylic oxidation sites excluding steroid dienone is 2. The van der Waals surface area contributed by atoms with E-state index >= 15 is 0 Å². The number of anilines is 1. The van der Waals surface area contributed by atoms with Gasteiger partial charge >= 0.3 is 0 Å². The van der Waals surface area contributed by atoms with Gasteiger partial charge in [-0.1, -0.05) is 30.7 Å². The van der Waals surface area contributed by atoms with Crippen molar-refractivity contribution in [3.8, 4) is 11.4 Å². The van der Waals surface area contributed by atoms with Gasteiger partial charge in [-0.3, -0.25) is 14.3 Å². The van der Waals surface area contributed by atoms with Gasteiger partial charge in [-0.15, -0.1) is 0 Å². The van der Waals surface area contributed by atoms with E-state index in [0.717, 1.165) is 11.3 Å². The van der Waals surface area contributed by atoms with Crippen molar-refractivity contribution < 1.29 is 9.90 Å². The number of nitrogens with zero attached hydrogens (tertiary/aromatic N) is 4. The summed E-state index contributed by atoms with van der Waals surface area (Å²) in [5, 5.41) is 10.8. The number of carbonyl (C=O) groups is 1. The topological polar surface area (TPSA) is 133 Å². The Kier molecular flexibility index (Phi) is 4.60. The molecule has 5 N–H and O–H groups in total. The Morgan fingerprint density at radius 1 is 1.24 bits per heavy atom. The SMILES string of the molecule is CC1=C(n2c(N)c(C(N)=O)c3nc(-c4ccc(Cl)cn4)cnc32)[C@@H](C)[C@H](O)C=C1. The number of primary amides is 1. The number of nitrogens with two attached hydrogens (primary N) is 2. The minimum atomic E-state index is -0.709. The largest absolute Gasteiger partial charge is 0.388 e. The standard InChI is InChI=1S/C20H19ClN6O2/c1-9-3-6-14(28)10(2)17(9)27-18(22)15(19(23)29)16-20(27)25-8-13(26-16)12-5-4-11(21)7-24-12/h3-8,10,14,28H,22H2,1-2H3,(H2,23,29)/t10-,14+/m0/s1. The van der Waals surface area contributed by atoms with Crippen LogP contribution in [0.1, 0.15) is 24.2 Å². The molecular formula is C20H19ClN6O2. The van der Waals surface area contributed by atoms with Crippen molar-refractivity contribution in [3.63, 3.8) is 0 Å². The lowest BCUT2D eigenvalue weighted by Crippen LogP contribution is -2.24. The maximum atomic E-state index is 12.2. The van der Waals surface area contributed by atoms with Crippen molar-refractivity contribution in [1.82, 2.24) is 19.5 Å². The number of rotatable bonds is 3. The first kappa shape index (κ1) is 19.1. The minimum absolute atomic E-state index is 0.0832. The summed E-state index contributed by atoms with van der Waals surface area (Å²) < 4.78 is 1.65. The minimum Gasteiger partial charge on any atom is -0.388 e. The second-order valence-corrected chi connectivity index (χ2v) is 7.39. The highest BCUT2D eigenvalue weighted by molar-refractivity contribution is 6.30. The fourth-order valence-corrected chi connectivity index (χ4v) is 3.71. The molecule has 3 aromatic rings. The van der Waals surface area contributed by atoms with E-state index in [0.29, 0.717) is 22.1 Å². The maximum absolute atomic E-state index is 12.2. The molecular weight excluding hydrogens is 392 g/mol. The third kappa shape index (κ3) is 3.06. The third-order valence-corrected chi connectivity index (χ3v) is 5.29. The second-order valence-electron chi connectivity index (χ2n) is 6.96. The van der Waals surface area contributed by atoms with E-state index in [4.69, 9.17) is 23.1 Å². The molecule has 0 aliphatic heterocycles. The molecule has 9 heteroatoms. The summed E-state index contributed by atoms with van der Waals surface area (Å²) in [4.78, 5) is 25.5. The summed E-state index contributed by atoms with van der Waals surface area (Å²) >= 11 is 5.90. The van der Waals surface area contributed by atoms with Gasteiger partial charge in [-0.05, 0) is 24.6 Å². The Bertz CT molecular complexity index is 1200. The van der Waals surface area contributed by atoms with Crippen LogP contribution in [0.4, 0.5) is 5.82 Å². The number of aliphatic hydroxyl groups is 1. The molecule has 0 spiro atoms. The highest BCUT2D eigenvalue weighted by atomic mass is 35.5. The molecule has 1 aliphatic rings. The number of hydrogen-bond donors (Lipinski definition) is 3. The van der Waals surface area contributed by atoms with Crippen molar-refractivity contribution >= 4 is 40.2 Å². The van der Waals surface area contributed by atoms with E-state index in [9.17, 15) is 9.90 Å². The molecule has 0 radical (unpaired) electrons. The van der Waals surface area contributed by atoms with Gasteiger partial charge in [0.25, 0.3) is 5.91 Å². The third-order valence-electron chi connectivity index (χ3n) is 5.07. The summed E-state index contributed by atoms with van der Waals surface area (Å²) in [6.45, 7) is 3.78. The van der Waals surface area contributed by atoms with Crippen LogP contribution in [0.3, 0.4) is 0 Å². The Balaban J connectivity index is 2.00. The Labute approximate surface area is 171 Å². The molecule has 0 saturated heterocycles. The van der Waals surface area contributed by atoms with Gasteiger partial charge < -0.3 is 16.6 Å². The first-order valence-electron chi connectivity index (χ1n) is 8.95. The van der Waals surface area contributed by atoms with Gasteiger partial charge in [0.05, 0.1) is 23.0 Å². The monoisotopic (exact) mass is 410 g/mol. The normalized spacial score (nSPS) is 19.2. The van der Waals surface area contributed by atoms with Crippen LogP contribution in [0.25, 0.3) is 28.2 Å². The van der Waals surface area contributed by atoms with Gasteiger partial charge in [0.15, 0.2) is 5.65 Å². The summed E-state index contributed by atoms with van der Waals surface area (Å²) in [5.41, 5.74) is 15.3. The van der Waals surface area contributed by atoms with Gasteiger partial charge in [0.2, 0.25) is 0 Å². The summed E-state index contributed by atoms with van der Waals surface area (Å²) in [6, 6.07) is 3.40. The summed E-state index contributed by atoms with van der Waals surface area (Å²) in [5.74, 6) is -0.838. The van der Waals surface area contributed by atoms with Gasteiger partial charge in [-0.2, -0.15) is 0 Å². The van der Waals surface area contributed by atoms with Crippen molar-refractivity contribution in [1.29, 1.82) is 0 Å². The van der Waals surface area contributed by atoms with Crippen LogP contribution >= 0.6 is 11.6 Å². The number of amides is 1. The number of nitrogen functional groups attached to an aromatic ring is 1. The zero-order chi connectivity index (χ0) is 20.9. The fraction of sp³-hybridized carbons (Fsp3) is 0.200. The Morgan fingerprint density at radius 2 is 2.00 bits per heavy atom. The molecule has 2 atom stereocenters. The van der Waals surface area contributed by atoms with Gasteiger partial charge in [0.1, 0.15) is 22.6 Å². The number of hydrogen-bond acceptors (Lipinski definition) is 6. The number of aromatic nitrogens is 4. The van der Waals surface area contributed by atoms with Crippen LogP contribution in [0, 0.1) is 5.92 Å². The molecule has 3 aromatic heterocycles. The lowest BCUT2D eigenvalue weighted by molar-refractivity contribution is 0.100. The first-order chi connectivity index (χ1) is 13.8. The van der Waals surface area contributed by atoms with E-state index in [1.807, 2.05) is 19.9 Å². The number of pyridine rings is 1. The zero-order valence-corrected chi connectivity index (χ0v) is 16.6. The van der Waals surface area contributed by atoms with Crippen molar-refractivity contribution in [2.75, 3.05) is 5.73 Å². The number of fused-ring (bicyclic) bond motifs is 1. The van der Waals surface area contributed by atoms with Crippen molar-refractivity contribution in [3.05, 3.63) is 52.8 Å². The Hall–Kier alpha value is -3.23. The average molecular weight is 411 g/mol. The molecule has 0 saturated carbocycles. The maximum Gasteiger partial charge on any atom is 0.254 e. The number of aliphatic hydroxyl groups excluding tert-OH is 1. The first-order valence-corrected chi connectivity index (χ1v) is 9.33. The number of halogens is 1. The molecule has 1 amide bonds. The van der Waals surface area contributed by atoms with Crippen molar-refractivity contribution in [2.24, 2.45) is 11.7 Å². The molecule has 148 valence electrons. The average Bonchev–Trinajstić information content (AvgIpc) is 2.97. The van der Waals surface area contributed by atoms with Crippen LogP contribution < -0.4 is 11.5 Å². The van der Waals surface area contributed by atoms with Crippen LogP contribution in [-0.4, -0.2) is 36.6 Å². The molecule has 0 aromatic carbocycles. The Morgan fingerprint density at radius 3 is 2.66 bits per heavy atom. The smallest absolute Gasteiger partial charge is 0.254 e. The van der Waals surface area contributed by atoms with Gasteiger partial charge in [0, 0.05) is 17.8 Å². The predicted molar refractivity (Wildman–Crippen MR) is 112 cm³/mol. The van der Waals surface area contributed by atoms with Gasteiger partial charge in [-0.25, -0.2) is 9.97 Å². The van der Waals surface area contributed by atoms with Crippen LogP contribution in [-0.2, 0) is 0 Å². The van der Waals surface area contributed by atoms with E-state index < -0.39 is 12.0 Å². The zero-order valence-electron chi connectivity index (χ0n) is 15.8. The highest BCUT2D eigenvalue weighted by Crippen LogP contribution is 2.37. The molecule has 3 heterocycles. The van der Waals surface area contributed by atoms with Crippen LogP contribution in [0.2, 0.25) is 5.02 Å². The summed E-state index contributed by atoms with van der Waals surface area (Å²) in [7, 11) is 0. The summed E-state index contributed by atoms with van der Waals surface area (Å²) in [6.07, 6.45) is 5.90. The van der Waals surface area contributed by atoms with E-state index in [2.05, 4.69) is 15.0 Å².